The predicted octanol–water partition coefficient (Wildman–Crippen LogP) is 0.587. The van der Waals surface area contributed by atoms with E-state index in [1.165, 1.54) is 10.8 Å². The minimum Gasteiger partial charge on any atom is -0.352 e. The van der Waals surface area contributed by atoms with Crippen molar-refractivity contribution in [3.63, 3.8) is 0 Å². The van der Waals surface area contributed by atoms with E-state index in [9.17, 15) is 14.6 Å². The fourth-order valence-electron chi connectivity index (χ4n) is 2.04. The van der Waals surface area contributed by atoms with Crippen molar-refractivity contribution in [2.45, 2.75) is 25.2 Å². The summed E-state index contributed by atoms with van der Waals surface area (Å²) >= 11 is 10.7. The van der Waals surface area contributed by atoms with Gasteiger partial charge in [0.25, 0.3) is 0 Å². The Labute approximate surface area is 146 Å². The van der Waals surface area contributed by atoms with Crippen molar-refractivity contribution in [1.82, 2.24) is 9.55 Å². The molecular formula is C9H15ClN2O9P2S+2. The molecule has 0 bridgehead atoms. The lowest BCUT2D eigenvalue weighted by Crippen LogP contribution is -2.27. The molecule has 0 spiro atoms. The standard InChI is InChI=1S/C9H14ClN2O9P2S/c10-6-3-12(9(13)11-8(6)24)7-2-1-5(20-7)4-19-23(17,18)21-22(14,15)16/h3,5,7,14-18H,1-2,4H2/q+1/p+1. The molecule has 1 aromatic heterocycles. The number of aromatic nitrogens is 2. The van der Waals surface area contributed by atoms with Crippen LogP contribution in [0.2, 0.25) is 5.02 Å². The van der Waals surface area contributed by atoms with E-state index >= 15 is 0 Å². The molecule has 11 nitrogen and oxygen atoms in total. The summed E-state index contributed by atoms with van der Waals surface area (Å²) in [6, 6.07) is 0. The number of nitrogens with one attached hydrogen (secondary N) is 1. The topological polar surface area (TPSA) is 167 Å². The monoisotopic (exact) mass is 424 g/mol. The van der Waals surface area contributed by atoms with Gasteiger partial charge < -0.3 is 4.74 Å². The molecule has 2 atom stereocenters. The maximum Gasteiger partial charge on any atom is 0.620 e. The van der Waals surface area contributed by atoms with Gasteiger partial charge in [-0.15, -0.1) is 4.52 Å². The minimum absolute atomic E-state index is 0.104. The van der Waals surface area contributed by atoms with Crippen LogP contribution in [0.15, 0.2) is 11.0 Å². The highest BCUT2D eigenvalue weighted by molar-refractivity contribution is 7.71. The van der Waals surface area contributed by atoms with Crippen molar-refractivity contribution in [3.05, 3.63) is 26.3 Å². The number of rotatable bonds is 6. The Morgan fingerprint density at radius 1 is 1.38 bits per heavy atom. The summed E-state index contributed by atoms with van der Waals surface area (Å²) in [5.74, 6) is 0. The van der Waals surface area contributed by atoms with Gasteiger partial charge in [0.05, 0.1) is 15.4 Å². The Kier molecular flexibility index (Phi) is 6.47. The van der Waals surface area contributed by atoms with Crippen LogP contribution in [0, 0.1) is 4.64 Å². The molecular weight excluding hydrogens is 410 g/mol. The van der Waals surface area contributed by atoms with Crippen LogP contribution in [0.4, 0.5) is 0 Å². The summed E-state index contributed by atoms with van der Waals surface area (Å²) in [7, 11) is -9.49. The molecule has 24 heavy (non-hydrogen) atoms. The quantitative estimate of drug-likeness (QED) is 0.281. The van der Waals surface area contributed by atoms with E-state index < -0.39 is 34.4 Å². The predicted molar refractivity (Wildman–Crippen MR) is 86.0 cm³/mol. The van der Waals surface area contributed by atoms with Gasteiger partial charge in [-0.2, -0.15) is 24.5 Å². The number of hydrogen-bond donors (Lipinski definition) is 6. The summed E-state index contributed by atoms with van der Waals surface area (Å²) in [5.41, 5.74) is -0.513. The van der Waals surface area contributed by atoms with E-state index in [4.69, 9.17) is 43.2 Å². The molecule has 2 rings (SSSR count). The molecule has 1 saturated heterocycles. The van der Waals surface area contributed by atoms with E-state index in [2.05, 4.69) is 13.8 Å². The zero-order valence-electron chi connectivity index (χ0n) is 11.9. The number of H-pyrrole nitrogens is 1. The number of hydrogen-bond acceptors (Lipinski definition) is 10. The number of halogens is 1. The van der Waals surface area contributed by atoms with Crippen molar-refractivity contribution in [1.29, 1.82) is 0 Å². The van der Waals surface area contributed by atoms with Crippen LogP contribution in [-0.4, -0.2) is 46.7 Å². The summed E-state index contributed by atoms with van der Waals surface area (Å²) in [5, 5.41) is 0.172. The van der Waals surface area contributed by atoms with Crippen molar-refractivity contribution in [3.8, 4) is 0 Å². The first-order valence-corrected chi connectivity index (χ1v) is 10.3. The van der Waals surface area contributed by atoms with E-state index in [0.29, 0.717) is 12.8 Å². The van der Waals surface area contributed by atoms with Crippen LogP contribution >= 0.6 is 40.2 Å². The van der Waals surface area contributed by atoms with Gasteiger partial charge in [0.1, 0.15) is 17.5 Å². The van der Waals surface area contributed by atoms with Crippen molar-refractivity contribution < 1.29 is 38.0 Å². The number of aromatic amines is 1. The molecule has 0 amide bonds. The lowest BCUT2D eigenvalue weighted by atomic mass is 10.2. The molecule has 2 heterocycles. The van der Waals surface area contributed by atoms with Crippen LogP contribution in [0.5, 0.6) is 0 Å². The molecule has 0 aliphatic carbocycles. The zero-order chi connectivity index (χ0) is 18.1. The van der Waals surface area contributed by atoms with Crippen LogP contribution in [0.1, 0.15) is 19.1 Å². The highest BCUT2D eigenvalue weighted by Gasteiger charge is 2.58. The molecule has 1 aliphatic rings. The second-order valence-corrected chi connectivity index (χ2v) is 8.55. The highest BCUT2D eigenvalue weighted by atomic mass is 35.5. The normalized spacial score (nSPS) is 22.1. The molecule has 136 valence electrons. The van der Waals surface area contributed by atoms with E-state index in [0.717, 1.165) is 0 Å². The molecule has 0 radical (unpaired) electrons. The maximum atomic E-state index is 11.9. The van der Waals surface area contributed by atoms with Crippen LogP contribution < -0.4 is 5.69 Å². The molecule has 1 aliphatic heterocycles. The fourth-order valence-corrected chi connectivity index (χ4v) is 4.02. The maximum absolute atomic E-state index is 11.9. The highest BCUT2D eigenvalue weighted by Crippen LogP contribution is 2.67. The van der Waals surface area contributed by atoms with Crippen LogP contribution in [0.25, 0.3) is 0 Å². The van der Waals surface area contributed by atoms with E-state index in [1.54, 1.807) is 0 Å². The minimum atomic E-state index is -4.87. The van der Waals surface area contributed by atoms with Gasteiger partial charge in [0.2, 0.25) is 0 Å². The van der Waals surface area contributed by atoms with Gasteiger partial charge in [-0.25, -0.2) is 4.79 Å². The second-order valence-electron chi connectivity index (χ2n) is 4.81. The molecule has 2 unspecified atom stereocenters. The lowest BCUT2D eigenvalue weighted by molar-refractivity contribution is -0.0274. The van der Waals surface area contributed by atoms with E-state index in [-0.39, 0.29) is 16.3 Å². The average Bonchev–Trinajstić information content (AvgIpc) is 2.87. The third kappa shape index (κ3) is 5.73. The van der Waals surface area contributed by atoms with Gasteiger partial charge >= 0.3 is 22.0 Å². The van der Waals surface area contributed by atoms with Crippen molar-refractivity contribution in [2.24, 2.45) is 0 Å². The zero-order valence-corrected chi connectivity index (χ0v) is 15.2. The Hall–Kier alpha value is -0.0700. The fraction of sp³-hybridized carbons (Fsp3) is 0.556. The first-order chi connectivity index (χ1) is 11.0. The third-order valence-electron chi connectivity index (χ3n) is 2.96. The summed E-state index contributed by atoms with van der Waals surface area (Å²) < 4.78 is 15.4. The van der Waals surface area contributed by atoms with Gasteiger partial charge in [0, 0.05) is 6.20 Å². The van der Waals surface area contributed by atoms with Crippen LogP contribution in [0.3, 0.4) is 0 Å². The Balaban J connectivity index is 1.95. The first-order valence-electron chi connectivity index (χ1n) is 6.41. The Morgan fingerprint density at radius 3 is 2.67 bits per heavy atom. The summed E-state index contributed by atoms with van der Waals surface area (Å²) in [6.45, 7) is -0.372. The van der Waals surface area contributed by atoms with Crippen molar-refractivity contribution >= 4 is 40.2 Å². The van der Waals surface area contributed by atoms with Gasteiger partial charge in [-0.05, 0) is 12.8 Å². The smallest absolute Gasteiger partial charge is 0.352 e. The van der Waals surface area contributed by atoms with Crippen molar-refractivity contribution in [2.75, 3.05) is 6.61 Å². The molecule has 15 heteroatoms. The van der Waals surface area contributed by atoms with E-state index in [1.807, 2.05) is 0 Å². The molecule has 6 N–H and O–H groups in total. The summed E-state index contributed by atoms with van der Waals surface area (Å²) in [4.78, 5) is 58.8. The van der Waals surface area contributed by atoms with Crippen LogP contribution in [-0.2, 0) is 13.6 Å². The Morgan fingerprint density at radius 2 is 2.04 bits per heavy atom. The molecule has 0 saturated carbocycles. The SMILES string of the molecule is O=c1[nH]c(=S)c(Cl)cn1C1CCC(CO[P+](O)(O)O[P+](O)(O)O)O1. The Bertz CT molecular complexity index is 705. The summed E-state index contributed by atoms with van der Waals surface area (Å²) in [6.07, 6.45) is 0.852. The second kappa shape index (κ2) is 7.67. The molecule has 1 fully saturated rings. The lowest BCUT2D eigenvalue weighted by Gasteiger charge is -2.16. The average molecular weight is 425 g/mol. The molecule has 1 aromatic rings. The van der Waals surface area contributed by atoms with Gasteiger partial charge in [0.15, 0.2) is 0 Å². The first kappa shape index (κ1) is 20.2. The third-order valence-corrected chi connectivity index (χ3v) is 5.90. The van der Waals surface area contributed by atoms with Gasteiger partial charge in [-0.3, -0.25) is 9.55 Å². The number of nitrogens with zero attached hydrogens (tertiary/aromatic N) is 1. The largest absolute Gasteiger partial charge is 0.620 e. The molecule has 0 aromatic carbocycles. The van der Waals surface area contributed by atoms with Gasteiger partial charge in [-0.1, -0.05) is 23.8 Å². The number of ether oxygens (including phenoxy) is 1.